The predicted octanol–water partition coefficient (Wildman–Crippen LogP) is 4.74. The Labute approximate surface area is 130 Å². The number of hydrogen-bond donors (Lipinski definition) is 1. The van der Waals surface area contributed by atoms with Crippen LogP contribution in [0.4, 0.5) is 0 Å². The van der Waals surface area contributed by atoms with Crippen molar-refractivity contribution in [2.45, 2.75) is 90.5 Å². The average Bonchev–Trinajstić information content (AvgIpc) is 2.53. The maximum absolute atomic E-state index is 5.59. The molecular weight excluding hydrogens is 258 g/mol. The summed E-state index contributed by atoms with van der Waals surface area (Å²) in [6.07, 6.45) is 15.6. The van der Waals surface area contributed by atoms with Gasteiger partial charge in [0.05, 0.1) is 6.54 Å². The smallest absolute Gasteiger partial charge is 0.141 e. The van der Waals surface area contributed by atoms with Crippen molar-refractivity contribution in [2.24, 2.45) is 5.73 Å². The van der Waals surface area contributed by atoms with Gasteiger partial charge >= 0.3 is 0 Å². The molecule has 1 heterocycles. The van der Waals surface area contributed by atoms with Crippen LogP contribution in [0.3, 0.4) is 0 Å². The second-order valence-corrected chi connectivity index (χ2v) is 6.42. The minimum absolute atomic E-state index is 0.218. The predicted molar refractivity (Wildman–Crippen MR) is 90.2 cm³/mol. The highest BCUT2D eigenvalue weighted by Crippen LogP contribution is 2.34. The molecule has 0 aromatic carbocycles. The molecule has 3 heteroatoms. The van der Waals surface area contributed by atoms with Crippen molar-refractivity contribution >= 4 is 0 Å². The lowest BCUT2D eigenvalue weighted by Crippen LogP contribution is -2.23. The maximum atomic E-state index is 5.59. The summed E-state index contributed by atoms with van der Waals surface area (Å²) in [5.41, 5.74) is 7.09. The molecule has 1 atom stereocenters. The first-order valence-electron chi connectivity index (χ1n) is 8.67. The summed E-state index contributed by atoms with van der Waals surface area (Å²) in [5, 5.41) is 0. The van der Waals surface area contributed by atoms with Gasteiger partial charge in [0.2, 0.25) is 0 Å². The Morgan fingerprint density at radius 2 is 1.48 bits per heavy atom. The van der Waals surface area contributed by atoms with Crippen molar-refractivity contribution in [1.29, 1.82) is 0 Å². The Balaban J connectivity index is 2.66. The van der Waals surface area contributed by atoms with Crippen LogP contribution in [-0.4, -0.2) is 9.97 Å². The molecule has 1 unspecified atom stereocenters. The molecule has 0 fully saturated rings. The highest BCUT2D eigenvalue weighted by atomic mass is 14.9. The van der Waals surface area contributed by atoms with Crippen LogP contribution in [-0.2, 0) is 12.0 Å². The van der Waals surface area contributed by atoms with Gasteiger partial charge in [0.15, 0.2) is 0 Å². The summed E-state index contributed by atoms with van der Waals surface area (Å²) in [6, 6.07) is 0. The van der Waals surface area contributed by atoms with Gasteiger partial charge < -0.3 is 5.73 Å². The molecule has 0 saturated carbocycles. The zero-order chi connectivity index (χ0) is 15.6. The molecule has 0 bridgehead atoms. The van der Waals surface area contributed by atoms with Crippen LogP contribution < -0.4 is 5.73 Å². The third kappa shape index (κ3) is 6.13. The lowest BCUT2D eigenvalue weighted by atomic mass is 9.75. The number of rotatable bonds is 11. The highest BCUT2D eigenvalue weighted by Gasteiger charge is 2.26. The van der Waals surface area contributed by atoms with Gasteiger partial charge in [-0.3, -0.25) is 0 Å². The number of nitrogens with two attached hydrogens (primary N) is 1. The fourth-order valence-corrected chi connectivity index (χ4v) is 2.87. The standard InChI is InChI=1S/C18H33N3/c1-4-6-8-9-10-12-18(3,11-7-5-2)16-14-20-17(13-19)21-15-16/h14-15H,4-13,19H2,1-3H3. The van der Waals surface area contributed by atoms with Crippen molar-refractivity contribution < 1.29 is 0 Å². The van der Waals surface area contributed by atoms with Crippen LogP contribution in [0.25, 0.3) is 0 Å². The second kappa shape index (κ2) is 9.88. The van der Waals surface area contributed by atoms with E-state index >= 15 is 0 Å². The summed E-state index contributed by atoms with van der Waals surface area (Å²) >= 11 is 0. The topological polar surface area (TPSA) is 51.8 Å². The first-order chi connectivity index (χ1) is 10.2. The molecule has 1 rings (SSSR count). The Hall–Kier alpha value is -0.960. The molecule has 0 aliphatic carbocycles. The normalized spacial score (nSPS) is 14.1. The van der Waals surface area contributed by atoms with Crippen molar-refractivity contribution in [1.82, 2.24) is 9.97 Å². The number of nitrogens with zero attached hydrogens (tertiary/aromatic N) is 2. The third-order valence-corrected chi connectivity index (χ3v) is 4.50. The van der Waals surface area contributed by atoms with Gasteiger partial charge in [-0.05, 0) is 23.8 Å². The van der Waals surface area contributed by atoms with E-state index in [4.69, 9.17) is 5.73 Å². The Kier molecular flexibility index (Phi) is 8.51. The summed E-state index contributed by atoms with van der Waals surface area (Å²) in [7, 11) is 0. The van der Waals surface area contributed by atoms with Crippen LogP contribution in [0.5, 0.6) is 0 Å². The summed E-state index contributed by atoms with van der Waals surface area (Å²) in [4.78, 5) is 8.79. The fraction of sp³-hybridized carbons (Fsp3) is 0.778. The monoisotopic (exact) mass is 291 g/mol. The van der Waals surface area contributed by atoms with E-state index in [1.54, 1.807) is 0 Å². The molecular formula is C18H33N3. The van der Waals surface area contributed by atoms with Crippen molar-refractivity contribution in [3.63, 3.8) is 0 Å². The van der Waals surface area contributed by atoms with Crippen molar-refractivity contribution in [3.05, 3.63) is 23.8 Å². The fourth-order valence-electron chi connectivity index (χ4n) is 2.87. The molecule has 0 radical (unpaired) electrons. The van der Waals surface area contributed by atoms with E-state index < -0.39 is 0 Å². The van der Waals surface area contributed by atoms with E-state index in [1.165, 1.54) is 63.4 Å². The summed E-state index contributed by atoms with van der Waals surface area (Å²) in [5.74, 6) is 0.736. The minimum Gasteiger partial charge on any atom is -0.324 e. The van der Waals surface area contributed by atoms with Crippen molar-refractivity contribution in [3.8, 4) is 0 Å². The summed E-state index contributed by atoms with van der Waals surface area (Å²) < 4.78 is 0. The van der Waals surface area contributed by atoms with Crippen LogP contribution in [0.15, 0.2) is 12.4 Å². The lowest BCUT2D eigenvalue weighted by Gasteiger charge is -2.30. The van der Waals surface area contributed by atoms with Crippen LogP contribution in [0.2, 0.25) is 0 Å². The van der Waals surface area contributed by atoms with Crippen LogP contribution in [0, 0.1) is 0 Å². The van der Waals surface area contributed by atoms with E-state index in [0.29, 0.717) is 6.54 Å². The van der Waals surface area contributed by atoms with Gasteiger partial charge in [-0.25, -0.2) is 9.97 Å². The third-order valence-electron chi connectivity index (χ3n) is 4.50. The highest BCUT2D eigenvalue weighted by molar-refractivity contribution is 5.18. The zero-order valence-corrected chi connectivity index (χ0v) is 14.2. The van der Waals surface area contributed by atoms with Crippen LogP contribution >= 0.6 is 0 Å². The molecule has 1 aromatic rings. The molecule has 0 amide bonds. The molecule has 0 aliphatic heterocycles. The average molecular weight is 291 g/mol. The van der Waals surface area contributed by atoms with Gasteiger partial charge in [0.1, 0.15) is 5.82 Å². The van der Waals surface area contributed by atoms with E-state index in [9.17, 15) is 0 Å². The lowest BCUT2D eigenvalue weighted by molar-refractivity contribution is 0.366. The summed E-state index contributed by atoms with van der Waals surface area (Å²) in [6.45, 7) is 7.32. The molecule has 1 aromatic heterocycles. The largest absolute Gasteiger partial charge is 0.324 e. The number of aromatic nitrogens is 2. The molecule has 21 heavy (non-hydrogen) atoms. The molecule has 0 saturated heterocycles. The molecule has 0 aliphatic rings. The Morgan fingerprint density at radius 1 is 0.905 bits per heavy atom. The van der Waals surface area contributed by atoms with E-state index in [2.05, 4.69) is 30.7 Å². The van der Waals surface area contributed by atoms with Crippen molar-refractivity contribution in [2.75, 3.05) is 0 Å². The Bertz CT molecular complexity index is 375. The minimum atomic E-state index is 0.218. The van der Waals surface area contributed by atoms with E-state index in [-0.39, 0.29) is 5.41 Å². The van der Waals surface area contributed by atoms with Crippen LogP contribution in [0.1, 0.15) is 89.9 Å². The first kappa shape index (κ1) is 18.1. The molecule has 2 N–H and O–H groups in total. The van der Waals surface area contributed by atoms with Gasteiger partial charge in [0.25, 0.3) is 0 Å². The van der Waals surface area contributed by atoms with Gasteiger partial charge in [-0.1, -0.05) is 65.7 Å². The molecule has 3 nitrogen and oxygen atoms in total. The number of hydrogen-bond acceptors (Lipinski definition) is 3. The first-order valence-corrected chi connectivity index (χ1v) is 8.67. The quantitative estimate of drug-likeness (QED) is 0.599. The molecule has 120 valence electrons. The second-order valence-electron chi connectivity index (χ2n) is 6.42. The van der Waals surface area contributed by atoms with Gasteiger partial charge in [-0.2, -0.15) is 0 Å². The zero-order valence-electron chi connectivity index (χ0n) is 14.2. The SMILES string of the molecule is CCCCCCCC(C)(CCCC)c1cnc(CN)nc1. The van der Waals surface area contributed by atoms with Gasteiger partial charge in [0, 0.05) is 12.4 Å². The Morgan fingerprint density at radius 3 is 2.05 bits per heavy atom. The molecule has 0 spiro atoms. The van der Waals surface area contributed by atoms with E-state index in [1.807, 2.05) is 12.4 Å². The number of unbranched alkanes of at least 4 members (excludes halogenated alkanes) is 5. The van der Waals surface area contributed by atoms with Gasteiger partial charge in [-0.15, -0.1) is 0 Å². The maximum Gasteiger partial charge on any atom is 0.141 e. The van der Waals surface area contributed by atoms with E-state index in [0.717, 1.165) is 5.82 Å².